The Bertz CT molecular complexity index is 3510. The van der Waals surface area contributed by atoms with Crippen LogP contribution in [0.5, 0.6) is 0 Å². The van der Waals surface area contributed by atoms with Gasteiger partial charge in [-0.3, -0.25) is 0 Å². The second kappa shape index (κ2) is 15.1. The molecule has 0 aliphatic heterocycles. The third-order valence-corrected chi connectivity index (χ3v) is 13.8. The monoisotopic (exact) mass is 832 g/mol. The maximum Gasteiger partial charge on any atom is 0.0714 e. The molecule has 0 radical (unpaired) electrons. The average molecular weight is 833 g/mol. The van der Waals surface area contributed by atoms with Crippen molar-refractivity contribution in [2.24, 2.45) is 0 Å². The Balaban J connectivity index is 0.982. The van der Waals surface area contributed by atoms with Gasteiger partial charge in [0.25, 0.3) is 0 Å². The molecule has 0 saturated carbocycles. The summed E-state index contributed by atoms with van der Waals surface area (Å²) in [6, 6.07) is 87.6. The van der Waals surface area contributed by atoms with Gasteiger partial charge in [0.15, 0.2) is 0 Å². The van der Waals surface area contributed by atoms with E-state index in [4.69, 9.17) is 0 Å². The highest BCUT2D eigenvalue weighted by atomic mass is 15.1. The lowest BCUT2D eigenvalue weighted by atomic mass is 9.67. The summed E-state index contributed by atoms with van der Waals surface area (Å²) in [7, 11) is 0. The predicted molar refractivity (Wildman–Crippen MR) is 274 cm³/mol. The summed E-state index contributed by atoms with van der Waals surface area (Å²) in [4.78, 5) is 2.40. The van der Waals surface area contributed by atoms with Gasteiger partial charge < -0.3 is 9.47 Å². The highest BCUT2D eigenvalue weighted by molar-refractivity contribution is 6.10. The molecule has 0 amide bonds. The number of hydrogen-bond donors (Lipinski definition) is 0. The van der Waals surface area contributed by atoms with Gasteiger partial charge in [0.05, 0.1) is 22.1 Å². The van der Waals surface area contributed by atoms with E-state index in [1.54, 1.807) is 0 Å². The van der Waals surface area contributed by atoms with Crippen molar-refractivity contribution in [1.29, 1.82) is 0 Å². The van der Waals surface area contributed by atoms with Gasteiger partial charge in [-0.2, -0.15) is 0 Å². The Morgan fingerprint density at radius 2 is 0.969 bits per heavy atom. The summed E-state index contributed by atoms with van der Waals surface area (Å²) < 4.78 is 2.47. The van der Waals surface area contributed by atoms with Crippen molar-refractivity contribution in [3.8, 4) is 27.9 Å². The summed E-state index contributed by atoms with van der Waals surface area (Å²) >= 11 is 0. The topological polar surface area (TPSA) is 8.17 Å². The van der Waals surface area contributed by atoms with E-state index in [1.165, 1.54) is 82.6 Å². The van der Waals surface area contributed by atoms with Gasteiger partial charge in [-0.25, -0.2) is 0 Å². The molecule has 12 rings (SSSR count). The molecule has 1 aliphatic carbocycles. The maximum absolute atomic E-state index is 2.47. The van der Waals surface area contributed by atoms with Crippen molar-refractivity contribution in [3.63, 3.8) is 0 Å². The number of anilines is 3. The van der Waals surface area contributed by atoms with Crippen LogP contribution >= 0.6 is 0 Å². The first-order valence-electron chi connectivity index (χ1n) is 22.8. The SMILES string of the molecule is CC(C)(C)c1ccc(N(c2ccc(-c3ccc4c(c3)c3ccccc3n4-c3ccc4c(c3)C(c3ccccc3)(c3ccccc3)c3ccccc3-4)cc2)c2cccc3ccccc23)cc1. The van der Waals surface area contributed by atoms with Crippen LogP contribution in [0.1, 0.15) is 48.6 Å². The van der Waals surface area contributed by atoms with Crippen molar-refractivity contribution >= 4 is 49.6 Å². The second-order valence-corrected chi connectivity index (χ2v) is 18.5. The number of rotatable bonds is 7. The van der Waals surface area contributed by atoms with E-state index in [1.807, 2.05) is 0 Å². The van der Waals surface area contributed by atoms with Crippen LogP contribution in [0.25, 0.3) is 60.5 Å². The number of para-hydroxylation sites is 1. The smallest absolute Gasteiger partial charge is 0.0714 e. The Hall–Kier alpha value is -7.94. The number of aromatic nitrogens is 1. The number of hydrogen-bond acceptors (Lipinski definition) is 1. The molecular weight excluding hydrogens is 785 g/mol. The van der Waals surface area contributed by atoms with E-state index >= 15 is 0 Å². The van der Waals surface area contributed by atoms with Crippen LogP contribution in [-0.2, 0) is 10.8 Å². The van der Waals surface area contributed by atoms with Gasteiger partial charge in [0.2, 0.25) is 0 Å². The van der Waals surface area contributed by atoms with Crippen LogP contribution in [-0.4, -0.2) is 4.57 Å². The van der Waals surface area contributed by atoms with Crippen LogP contribution < -0.4 is 4.90 Å². The zero-order chi connectivity index (χ0) is 43.7. The van der Waals surface area contributed by atoms with Gasteiger partial charge in [0.1, 0.15) is 0 Å². The minimum absolute atomic E-state index is 0.0716. The molecule has 0 unspecified atom stereocenters. The molecule has 1 aromatic heterocycles. The molecule has 11 aromatic rings. The first kappa shape index (κ1) is 38.7. The molecule has 0 bridgehead atoms. The Labute approximate surface area is 381 Å². The fourth-order valence-corrected chi connectivity index (χ4v) is 10.7. The average Bonchev–Trinajstić information content (AvgIpc) is 3.85. The van der Waals surface area contributed by atoms with Gasteiger partial charge in [-0.15, -0.1) is 0 Å². The maximum atomic E-state index is 2.47. The summed E-state index contributed by atoms with van der Waals surface area (Å²) in [5, 5.41) is 4.92. The summed E-state index contributed by atoms with van der Waals surface area (Å²) in [6.45, 7) is 6.81. The van der Waals surface area contributed by atoms with Crippen LogP contribution in [0, 0.1) is 0 Å². The Morgan fingerprint density at radius 1 is 0.400 bits per heavy atom. The molecule has 0 spiro atoms. The highest BCUT2D eigenvalue weighted by Gasteiger charge is 2.46. The van der Waals surface area contributed by atoms with E-state index in [9.17, 15) is 0 Å². The standard InChI is InChI=1S/C63H48N2/c1-62(2,3)46-32-36-50(37-33-46)64(59-28-16-18-44-17-10-11-23-52(44)59)49-34-29-43(30-35-49)45-31-40-61-56(41-45)55-25-13-15-27-60(55)65(61)51-38-39-54-53-24-12-14-26-57(53)63(58(54)42-51,47-19-6-4-7-20-47)48-21-8-5-9-22-48/h4-42H,1-3H3. The quantitative estimate of drug-likeness (QED) is 0.155. The minimum atomic E-state index is -0.471. The first-order valence-corrected chi connectivity index (χ1v) is 22.8. The van der Waals surface area contributed by atoms with Crippen molar-refractivity contribution in [2.45, 2.75) is 31.6 Å². The normalized spacial score (nSPS) is 13.0. The van der Waals surface area contributed by atoms with E-state index in [0.717, 1.165) is 22.7 Å². The van der Waals surface area contributed by atoms with Gasteiger partial charge in [-0.05, 0) is 122 Å². The second-order valence-electron chi connectivity index (χ2n) is 18.5. The van der Waals surface area contributed by atoms with Crippen molar-refractivity contribution in [3.05, 3.63) is 264 Å². The third kappa shape index (κ3) is 6.16. The molecule has 310 valence electrons. The molecule has 0 atom stereocenters. The molecule has 2 heteroatoms. The van der Waals surface area contributed by atoms with Gasteiger partial charge >= 0.3 is 0 Å². The zero-order valence-corrected chi connectivity index (χ0v) is 36.9. The molecule has 2 nitrogen and oxygen atoms in total. The predicted octanol–water partition coefficient (Wildman–Crippen LogP) is 16.7. The highest BCUT2D eigenvalue weighted by Crippen LogP contribution is 2.56. The first-order chi connectivity index (χ1) is 31.9. The molecule has 0 fully saturated rings. The lowest BCUT2D eigenvalue weighted by molar-refractivity contribution is 0.590. The van der Waals surface area contributed by atoms with E-state index in [0.29, 0.717) is 0 Å². The van der Waals surface area contributed by atoms with E-state index in [2.05, 4.69) is 267 Å². The molecule has 0 N–H and O–H groups in total. The molecule has 1 aliphatic rings. The number of benzene rings is 10. The van der Waals surface area contributed by atoms with Gasteiger partial charge in [-0.1, -0.05) is 197 Å². The molecule has 65 heavy (non-hydrogen) atoms. The van der Waals surface area contributed by atoms with E-state index in [-0.39, 0.29) is 5.41 Å². The Morgan fingerprint density at radius 3 is 1.69 bits per heavy atom. The third-order valence-electron chi connectivity index (χ3n) is 13.8. The zero-order valence-electron chi connectivity index (χ0n) is 36.9. The van der Waals surface area contributed by atoms with Crippen molar-refractivity contribution in [1.82, 2.24) is 4.57 Å². The largest absolute Gasteiger partial charge is 0.310 e. The van der Waals surface area contributed by atoms with Crippen molar-refractivity contribution < 1.29 is 0 Å². The number of fused-ring (bicyclic) bond motifs is 7. The van der Waals surface area contributed by atoms with Crippen LogP contribution in [0.15, 0.2) is 237 Å². The molecular formula is C63H48N2. The van der Waals surface area contributed by atoms with Crippen LogP contribution in [0.4, 0.5) is 17.1 Å². The summed E-state index contributed by atoms with van der Waals surface area (Å²) in [5.41, 5.74) is 18.0. The minimum Gasteiger partial charge on any atom is -0.310 e. The van der Waals surface area contributed by atoms with E-state index < -0.39 is 5.41 Å². The van der Waals surface area contributed by atoms with Crippen LogP contribution in [0.3, 0.4) is 0 Å². The fraction of sp³-hybridized carbons (Fsp3) is 0.0794. The lowest BCUT2D eigenvalue weighted by Crippen LogP contribution is -2.28. The molecule has 10 aromatic carbocycles. The number of nitrogens with zero attached hydrogens (tertiary/aromatic N) is 2. The lowest BCUT2D eigenvalue weighted by Gasteiger charge is -2.34. The van der Waals surface area contributed by atoms with Crippen LogP contribution in [0.2, 0.25) is 0 Å². The summed E-state index contributed by atoms with van der Waals surface area (Å²) in [6.07, 6.45) is 0. The molecule has 0 saturated heterocycles. The molecule has 1 heterocycles. The Kier molecular flexibility index (Phi) is 9.00. The van der Waals surface area contributed by atoms with Gasteiger partial charge in [0, 0.05) is 33.2 Å². The fourth-order valence-electron chi connectivity index (χ4n) is 10.7. The summed E-state index contributed by atoms with van der Waals surface area (Å²) in [5.74, 6) is 0. The van der Waals surface area contributed by atoms with Crippen molar-refractivity contribution in [2.75, 3.05) is 4.90 Å².